The minimum atomic E-state index is -3.80. The van der Waals surface area contributed by atoms with Crippen LogP contribution in [-0.4, -0.2) is 51.2 Å². The van der Waals surface area contributed by atoms with Gasteiger partial charge < -0.3 is 10.3 Å². The van der Waals surface area contributed by atoms with Crippen LogP contribution in [0.3, 0.4) is 0 Å². The molecule has 0 saturated carbocycles. The SMILES string of the molecule is CCN(CC)S(=O)(=O)c1cc(NC(=O)CCc2nc3c([nH]2)c(=O)[nH]c(=O)n3C)ccc1Cl. The summed E-state index contributed by atoms with van der Waals surface area (Å²) < 4.78 is 28.1. The van der Waals surface area contributed by atoms with Crippen molar-refractivity contribution in [1.82, 2.24) is 23.8 Å². The zero-order valence-corrected chi connectivity index (χ0v) is 19.3. The van der Waals surface area contributed by atoms with Gasteiger partial charge in [-0.1, -0.05) is 25.4 Å². The van der Waals surface area contributed by atoms with Crippen LogP contribution in [0.25, 0.3) is 11.2 Å². The highest BCUT2D eigenvalue weighted by Crippen LogP contribution is 2.27. The Labute approximate surface area is 188 Å². The summed E-state index contributed by atoms with van der Waals surface area (Å²) in [6, 6.07) is 4.25. The van der Waals surface area contributed by atoms with Crippen molar-refractivity contribution in [2.75, 3.05) is 18.4 Å². The highest BCUT2D eigenvalue weighted by Gasteiger charge is 2.25. The van der Waals surface area contributed by atoms with Gasteiger partial charge in [-0.3, -0.25) is 19.1 Å². The third-order valence-electron chi connectivity index (χ3n) is 4.93. The second-order valence-electron chi connectivity index (χ2n) is 6.98. The summed E-state index contributed by atoms with van der Waals surface area (Å²) in [5.74, 6) is -0.0236. The Balaban J connectivity index is 1.75. The lowest BCUT2D eigenvalue weighted by molar-refractivity contribution is -0.116. The van der Waals surface area contributed by atoms with Crippen molar-refractivity contribution in [3.8, 4) is 0 Å². The average Bonchev–Trinajstić information content (AvgIpc) is 3.18. The molecule has 0 spiro atoms. The number of halogens is 1. The number of rotatable bonds is 8. The molecule has 2 aromatic heterocycles. The van der Waals surface area contributed by atoms with E-state index in [1.54, 1.807) is 13.8 Å². The first-order valence-corrected chi connectivity index (χ1v) is 11.7. The first-order valence-electron chi connectivity index (χ1n) is 9.85. The molecule has 11 nitrogen and oxygen atoms in total. The molecule has 172 valence electrons. The van der Waals surface area contributed by atoms with E-state index in [2.05, 4.69) is 20.3 Å². The summed E-state index contributed by atoms with van der Waals surface area (Å²) in [5, 5.41) is 2.71. The van der Waals surface area contributed by atoms with E-state index in [0.717, 1.165) is 0 Å². The number of imidazole rings is 1. The van der Waals surface area contributed by atoms with Gasteiger partial charge in [-0.15, -0.1) is 0 Å². The molecule has 0 aliphatic rings. The zero-order valence-electron chi connectivity index (χ0n) is 17.7. The maximum atomic E-state index is 12.8. The number of nitrogens with one attached hydrogen (secondary N) is 3. The molecule has 0 radical (unpaired) electrons. The molecule has 1 aromatic carbocycles. The van der Waals surface area contributed by atoms with Gasteiger partial charge in [0, 0.05) is 38.7 Å². The molecular weight excluding hydrogens is 460 g/mol. The Morgan fingerprint density at radius 3 is 2.56 bits per heavy atom. The number of fused-ring (bicyclic) bond motifs is 1. The summed E-state index contributed by atoms with van der Waals surface area (Å²) in [4.78, 5) is 45.1. The first kappa shape index (κ1) is 23.7. The standard InChI is InChI=1S/C19H23ClN6O5S/c1-4-26(5-2)32(30,31)13-10-11(6-7-12(13)20)21-15(27)9-8-14-22-16-17(23-14)25(3)19(29)24-18(16)28/h6-7,10H,4-5,8-9H2,1-3H3,(H,21,27)(H,22,23)(H,24,28,29). The summed E-state index contributed by atoms with van der Waals surface area (Å²) in [6.45, 7) is 4.03. The number of carbonyl (C=O) groups is 1. The Morgan fingerprint density at radius 2 is 1.91 bits per heavy atom. The number of benzene rings is 1. The molecule has 1 amide bonds. The summed E-state index contributed by atoms with van der Waals surface area (Å²) in [7, 11) is -2.32. The normalized spacial score (nSPS) is 11.9. The number of aromatic amines is 2. The van der Waals surface area contributed by atoms with Gasteiger partial charge in [0.1, 0.15) is 16.2 Å². The Bertz CT molecular complexity index is 1390. The van der Waals surface area contributed by atoms with Crippen LogP contribution in [0.2, 0.25) is 5.02 Å². The number of H-pyrrole nitrogens is 2. The highest BCUT2D eigenvalue weighted by atomic mass is 35.5. The average molecular weight is 483 g/mol. The van der Waals surface area contributed by atoms with E-state index in [4.69, 9.17) is 11.6 Å². The van der Waals surface area contributed by atoms with Gasteiger partial charge in [-0.2, -0.15) is 4.31 Å². The van der Waals surface area contributed by atoms with Crippen molar-refractivity contribution < 1.29 is 13.2 Å². The van der Waals surface area contributed by atoms with Crippen LogP contribution in [0.15, 0.2) is 32.7 Å². The number of sulfonamides is 1. The second kappa shape index (κ2) is 9.27. The smallest absolute Gasteiger partial charge is 0.329 e. The van der Waals surface area contributed by atoms with Gasteiger partial charge in [0.2, 0.25) is 15.9 Å². The van der Waals surface area contributed by atoms with Crippen LogP contribution >= 0.6 is 11.6 Å². The lowest BCUT2D eigenvalue weighted by atomic mass is 10.2. The highest BCUT2D eigenvalue weighted by molar-refractivity contribution is 7.89. The lowest BCUT2D eigenvalue weighted by Gasteiger charge is -2.19. The molecule has 0 fully saturated rings. The maximum Gasteiger partial charge on any atom is 0.329 e. The topological polar surface area (TPSA) is 150 Å². The summed E-state index contributed by atoms with van der Waals surface area (Å²) in [5.41, 5.74) is -0.552. The van der Waals surface area contributed by atoms with E-state index in [1.807, 2.05) is 0 Å². The van der Waals surface area contributed by atoms with E-state index in [1.165, 1.54) is 34.1 Å². The van der Waals surface area contributed by atoms with Gasteiger partial charge in [0.05, 0.1) is 5.02 Å². The number of nitrogens with zero attached hydrogens (tertiary/aromatic N) is 3. The lowest BCUT2D eigenvalue weighted by Crippen LogP contribution is -2.30. The van der Waals surface area contributed by atoms with Crippen molar-refractivity contribution in [2.45, 2.75) is 31.6 Å². The quantitative estimate of drug-likeness (QED) is 0.439. The van der Waals surface area contributed by atoms with Gasteiger partial charge in [0.25, 0.3) is 5.56 Å². The number of aryl methyl sites for hydroxylation is 2. The molecule has 0 aliphatic carbocycles. The minimum absolute atomic E-state index is 0.00638. The minimum Gasteiger partial charge on any atom is -0.336 e. The van der Waals surface area contributed by atoms with Gasteiger partial charge >= 0.3 is 5.69 Å². The van der Waals surface area contributed by atoms with Crippen LogP contribution in [0.4, 0.5) is 5.69 Å². The van der Waals surface area contributed by atoms with Crippen molar-refractivity contribution in [2.24, 2.45) is 7.05 Å². The maximum absolute atomic E-state index is 12.8. The van der Waals surface area contributed by atoms with Crippen LogP contribution in [0.5, 0.6) is 0 Å². The molecule has 13 heteroatoms. The monoisotopic (exact) mass is 482 g/mol. The number of amides is 1. The van der Waals surface area contributed by atoms with E-state index in [9.17, 15) is 22.8 Å². The fraction of sp³-hybridized carbons (Fsp3) is 0.368. The Morgan fingerprint density at radius 1 is 1.22 bits per heavy atom. The largest absolute Gasteiger partial charge is 0.336 e. The first-order chi connectivity index (χ1) is 15.1. The third-order valence-corrected chi connectivity index (χ3v) is 7.46. The number of carbonyl (C=O) groups excluding carboxylic acids is 1. The molecule has 0 bridgehead atoms. The van der Waals surface area contributed by atoms with Crippen LogP contribution in [0, 0.1) is 0 Å². The van der Waals surface area contributed by atoms with Crippen molar-refractivity contribution in [1.29, 1.82) is 0 Å². The van der Waals surface area contributed by atoms with Crippen LogP contribution < -0.4 is 16.6 Å². The summed E-state index contributed by atoms with van der Waals surface area (Å²) >= 11 is 6.11. The molecule has 0 saturated heterocycles. The van der Waals surface area contributed by atoms with E-state index < -0.39 is 21.3 Å². The second-order valence-corrected chi connectivity index (χ2v) is 9.30. The van der Waals surface area contributed by atoms with Crippen LogP contribution in [-0.2, 0) is 28.3 Å². The Kier molecular flexibility index (Phi) is 6.86. The van der Waals surface area contributed by atoms with Crippen molar-refractivity contribution in [3.05, 3.63) is 49.9 Å². The van der Waals surface area contributed by atoms with Crippen molar-refractivity contribution in [3.63, 3.8) is 0 Å². The molecule has 2 heterocycles. The van der Waals surface area contributed by atoms with Crippen molar-refractivity contribution >= 4 is 44.4 Å². The fourth-order valence-electron chi connectivity index (χ4n) is 3.21. The molecule has 32 heavy (non-hydrogen) atoms. The predicted molar refractivity (Wildman–Crippen MR) is 120 cm³/mol. The van der Waals surface area contributed by atoms with Gasteiger partial charge in [-0.25, -0.2) is 18.2 Å². The molecule has 0 atom stereocenters. The van der Waals surface area contributed by atoms with Gasteiger partial charge in [0.15, 0.2) is 5.65 Å². The van der Waals surface area contributed by atoms with E-state index >= 15 is 0 Å². The summed E-state index contributed by atoms with van der Waals surface area (Å²) in [6.07, 6.45) is 0.179. The number of hydrogen-bond donors (Lipinski definition) is 3. The zero-order chi connectivity index (χ0) is 23.6. The van der Waals surface area contributed by atoms with Gasteiger partial charge in [-0.05, 0) is 18.2 Å². The third kappa shape index (κ3) is 4.61. The Hall–Kier alpha value is -2.96. The number of anilines is 1. The van der Waals surface area contributed by atoms with E-state index in [0.29, 0.717) is 5.82 Å². The molecule has 3 aromatic rings. The molecule has 3 rings (SSSR count). The molecule has 0 unspecified atom stereocenters. The molecule has 3 N–H and O–H groups in total. The fourth-order valence-corrected chi connectivity index (χ4v) is 5.17. The molecular formula is C19H23ClN6O5S. The number of hydrogen-bond acceptors (Lipinski definition) is 6. The molecule has 0 aliphatic heterocycles. The predicted octanol–water partition coefficient (Wildman–Crippen LogP) is 1.21. The van der Waals surface area contributed by atoms with E-state index in [-0.39, 0.29) is 58.6 Å². The van der Waals surface area contributed by atoms with Crippen LogP contribution in [0.1, 0.15) is 26.1 Å². The number of aromatic nitrogens is 4.